The summed E-state index contributed by atoms with van der Waals surface area (Å²) in [6.45, 7) is 4.49. The second-order valence-corrected chi connectivity index (χ2v) is 12.4. The van der Waals surface area contributed by atoms with Gasteiger partial charge in [0.25, 0.3) is 0 Å². The fraction of sp³-hybridized carbons (Fsp3) is 0.885. The van der Waals surface area contributed by atoms with Crippen LogP contribution in [0.15, 0.2) is 12.2 Å². The van der Waals surface area contributed by atoms with E-state index in [2.05, 4.69) is 26.0 Å². The van der Waals surface area contributed by atoms with Gasteiger partial charge in [-0.2, -0.15) is 0 Å². The molecule has 28 heavy (non-hydrogen) atoms. The van der Waals surface area contributed by atoms with E-state index in [1.165, 1.54) is 44.9 Å². The highest BCUT2D eigenvalue weighted by atomic mass is 16.6. The molecule has 0 aromatic rings. The Morgan fingerprint density at radius 1 is 0.821 bits per heavy atom. The van der Waals surface area contributed by atoms with Gasteiger partial charge >= 0.3 is 5.97 Å². The Kier molecular flexibility index (Phi) is 3.31. The first-order chi connectivity index (χ1) is 13.5. The van der Waals surface area contributed by atoms with Crippen molar-refractivity contribution in [1.82, 2.24) is 0 Å². The standard InChI is InChI=1S/C26H36O2/c1-26(2,22-12-15-9-19(22)18-5-3-4-17(15)18)28-25(27)21-11-16-10-20(21)24-14-7-6-13(8-14)23(16)24/h6-7,13-24H,3-5,8-12H2,1-2H3. The highest BCUT2D eigenvalue weighted by Crippen LogP contribution is 2.67. The van der Waals surface area contributed by atoms with Crippen LogP contribution < -0.4 is 0 Å². The largest absolute Gasteiger partial charge is 0.459 e. The van der Waals surface area contributed by atoms with Gasteiger partial charge in [-0.15, -0.1) is 0 Å². The molecule has 152 valence electrons. The van der Waals surface area contributed by atoms with Gasteiger partial charge in [-0.25, -0.2) is 0 Å². The molecular formula is C26H36O2. The number of rotatable bonds is 3. The lowest BCUT2D eigenvalue weighted by atomic mass is 9.69. The Bertz CT molecular complexity index is 737. The van der Waals surface area contributed by atoms with Gasteiger partial charge in [0.15, 0.2) is 0 Å². The molecule has 6 bridgehead atoms. The summed E-state index contributed by atoms with van der Waals surface area (Å²) in [5, 5.41) is 0. The third kappa shape index (κ3) is 2.04. The number of hydrogen-bond acceptors (Lipinski definition) is 2. The highest BCUT2D eigenvalue weighted by molar-refractivity contribution is 5.74. The van der Waals surface area contributed by atoms with Crippen molar-refractivity contribution in [1.29, 1.82) is 0 Å². The van der Waals surface area contributed by atoms with E-state index in [0.717, 1.165) is 59.7 Å². The average Bonchev–Trinajstić information content (AvgIpc) is 3.50. The maximum absolute atomic E-state index is 13.4. The molecule has 7 rings (SSSR count). The lowest BCUT2D eigenvalue weighted by Crippen LogP contribution is -2.45. The monoisotopic (exact) mass is 380 g/mol. The van der Waals surface area contributed by atoms with Crippen LogP contribution >= 0.6 is 0 Å². The minimum absolute atomic E-state index is 0.174. The van der Waals surface area contributed by atoms with Crippen LogP contribution in [-0.2, 0) is 9.53 Å². The Balaban J connectivity index is 1.07. The third-order valence-corrected chi connectivity index (χ3v) is 11.3. The van der Waals surface area contributed by atoms with E-state index in [0.29, 0.717) is 11.8 Å². The van der Waals surface area contributed by atoms with Crippen molar-refractivity contribution in [2.45, 2.75) is 70.8 Å². The van der Waals surface area contributed by atoms with Gasteiger partial charge in [0.05, 0.1) is 5.92 Å². The average molecular weight is 381 g/mol. The van der Waals surface area contributed by atoms with Crippen molar-refractivity contribution in [3.05, 3.63) is 12.2 Å². The van der Waals surface area contributed by atoms with Crippen molar-refractivity contribution in [3.63, 3.8) is 0 Å². The molecule has 0 heterocycles. The number of hydrogen-bond donors (Lipinski definition) is 0. The fourth-order valence-corrected chi connectivity index (χ4v) is 10.6. The van der Waals surface area contributed by atoms with Crippen LogP contribution in [0.4, 0.5) is 0 Å². The zero-order valence-corrected chi connectivity index (χ0v) is 17.6. The van der Waals surface area contributed by atoms with Gasteiger partial charge in [0.1, 0.15) is 5.60 Å². The quantitative estimate of drug-likeness (QED) is 0.368. The molecule has 0 radical (unpaired) electrons. The van der Waals surface area contributed by atoms with Gasteiger partial charge in [0, 0.05) is 5.92 Å². The smallest absolute Gasteiger partial charge is 0.309 e. The molecule has 0 N–H and O–H groups in total. The van der Waals surface area contributed by atoms with Crippen LogP contribution in [-0.4, -0.2) is 11.6 Å². The van der Waals surface area contributed by atoms with Crippen molar-refractivity contribution in [3.8, 4) is 0 Å². The molecule has 12 unspecified atom stereocenters. The maximum Gasteiger partial charge on any atom is 0.309 e. The summed E-state index contributed by atoms with van der Waals surface area (Å²) in [6.07, 6.45) is 15.9. The summed E-state index contributed by atoms with van der Waals surface area (Å²) in [6, 6.07) is 0. The minimum Gasteiger partial charge on any atom is -0.459 e. The predicted octanol–water partition coefficient (Wildman–Crippen LogP) is 5.47. The van der Waals surface area contributed by atoms with Crippen molar-refractivity contribution >= 4 is 5.97 Å². The second-order valence-electron chi connectivity index (χ2n) is 12.4. The zero-order valence-electron chi connectivity index (χ0n) is 17.6. The molecule has 0 aromatic heterocycles. The SMILES string of the molecule is CC(C)(OC(=O)C1CC2CC1C1C3C=CC(C3)C21)C1CC2CC1C1CCCC21. The Hall–Kier alpha value is -0.790. The van der Waals surface area contributed by atoms with Crippen LogP contribution in [0.2, 0.25) is 0 Å². The summed E-state index contributed by atoms with van der Waals surface area (Å²) in [5.74, 6) is 9.47. The number of esters is 1. The summed E-state index contributed by atoms with van der Waals surface area (Å²) in [7, 11) is 0. The lowest BCUT2D eigenvalue weighted by Gasteiger charge is -2.42. The minimum atomic E-state index is -0.264. The Morgan fingerprint density at radius 3 is 2.43 bits per heavy atom. The van der Waals surface area contributed by atoms with E-state index < -0.39 is 0 Å². The first kappa shape index (κ1) is 16.9. The Labute approximate surface area is 169 Å². The maximum atomic E-state index is 13.4. The summed E-state index contributed by atoms with van der Waals surface area (Å²) >= 11 is 0. The fourth-order valence-electron chi connectivity index (χ4n) is 10.6. The first-order valence-electron chi connectivity index (χ1n) is 12.4. The Morgan fingerprint density at radius 2 is 1.57 bits per heavy atom. The number of carbonyl (C=O) groups is 1. The lowest BCUT2D eigenvalue weighted by molar-refractivity contribution is -0.173. The number of allylic oxidation sites excluding steroid dienone is 2. The van der Waals surface area contributed by atoms with E-state index in [1.54, 1.807) is 0 Å². The topological polar surface area (TPSA) is 26.3 Å². The zero-order chi connectivity index (χ0) is 18.8. The van der Waals surface area contributed by atoms with E-state index in [-0.39, 0.29) is 17.5 Å². The first-order valence-corrected chi connectivity index (χ1v) is 12.4. The highest BCUT2D eigenvalue weighted by Gasteiger charge is 2.63. The normalized spacial score (nSPS) is 57.2. The summed E-state index contributed by atoms with van der Waals surface area (Å²) < 4.78 is 6.43. The molecule has 12 atom stereocenters. The van der Waals surface area contributed by atoms with Crippen LogP contribution in [0.5, 0.6) is 0 Å². The molecule has 2 nitrogen and oxygen atoms in total. The molecule has 0 aromatic carbocycles. The van der Waals surface area contributed by atoms with Gasteiger partial charge in [-0.1, -0.05) is 18.6 Å². The molecule has 0 amide bonds. The van der Waals surface area contributed by atoms with E-state index in [9.17, 15) is 4.79 Å². The molecule has 0 spiro atoms. The molecule has 6 fully saturated rings. The molecule has 7 aliphatic carbocycles. The van der Waals surface area contributed by atoms with Gasteiger partial charge < -0.3 is 4.74 Å². The van der Waals surface area contributed by atoms with E-state index in [4.69, 9.17) is 4.74 Å². The molecule has 0 aliphatic heterocycles. The molecular weight excluding hydrogens is 344 g/mol. The summed E-state index contributed by atoms with van der Waals surface area (Å²) in [4.78, 5) is 13.4. The second kappa shape index (κ2) is 5.46. The molecule has 0 saturated heterocycles. The van der Waals surface area contributed by atoms with Gasteiger partial charge in [-0.3, -0.25) is 4.79 Å². The van der Waals surface area contributed by atoms with Crippen LogP contribution in [0.25, 0.3) is 0 Å². The van der Waals surface area contributed by atoms with Crippen LogP contribution in [0.3, 0.4) is 0 Å². The van der Waals surface area contributed by atoms with Gasteiger partial charge in [0.2, 0.25) is 0 Å². The molecule has 6 saturated carbocycles. The molecule has 7 aliphatic rings. The van der Waals surface area contributed by atoms with E-state index in [1.807, 2.05) is 0 Å². The predicted molar refractivity (Wildman–Crippen MR) is 108 cm³/mol. The number of fused-ring (bicyclic) bond motifs is 14. The van der Waals surface area contributed by atoms with Gasteiger partial charge in [-0.05, 0) is 118 Å². The third-order valence-electron chi connectivity index (χ3n) is 11.3. The van der Waals surface area contributed by atoms with Crippen LogP contribution in [0, 0.1) is 71.0 Å². The van der Waals surface area contributed by atoms with E-state index >= 15 is 0 Å². The molecule has 2 heteroatoms. The van der Waals surface area contributed by atoms with Crippen molar-refractivity contribution < 1.29 is 9.53 Å². The number of carbonyl (C=O) groups excluding carboxylic acids is 1. The van der Waals surface area contributed by atoms with Crippen LogP contribution in [0.1, 0.15) is 65.2 Å². The summed E-state index contributed by atoms with van der Waals surface area (Å²) in [5.41, 5.74) is -0.264. The van der Waals surface area contributed by atoms with Crippen molar-refractivity contribution in [2.24, 2.45) is 71.0 Å². The van der Waals surface area contributed by atoms with Crippen molar-refractivity contribution in [2.75, 3.05) is 0 Å². The number of ether oxygens (including phenoxy) is 1.